The first-order valence-corrected chi connectivity index (χ1v) is 7.89. The van der Waals surface area contributed by atoms with Gasteiger partial charge in [-0.25, -0.2) is 9.78 Å². The summed E-state index contributed by atoms with van der Waals surface area (Å²) in [6, 6.07) is 0.120. The average Bonchev–Trinajstić information content (AvgIpc) is 2.97. The fourth-order valence-corrected chi connectivity index (χ4v) is 2.42. The van der Waals surface area contributed by atoms with Crippen LogP contribution in [0.5, 0.6) is 0 Å². The van der Waals surface area contributed by atoms with Gasteiger partial charge in [-0.05, 0) is 27.2 Å². The van der Waals surface area contributed by atoms with E-state index in [0.717, 1.165) is 31.2 Å². The first kappa shape index (κ1) is 16.8. The summed E-state index contributed by atoms with van der Waals surface area (Å²) in [5.74, 6) is 2.00. The van der Waals surface area contributed by atoms with Crippen molar-refractivity contribution in [2.75, 3.05) is 13.1 Å². The van der Waals surface area contributed by atoms with E-state index in [1.807, 2.05) is 20.8 Å². The number of amides is 1. The highest BCUT2D eigenvalue weighted by molar-refractivity contribution is 5.68. The fourth-order valence-electron chi connectivity index (χ4n) is 2.42. The van der Waals surface area contributed by atoms with Gasteiger partial charge in [0, 0.05) is 25.0 Å². The molecule has 1 saturated heterocycles. The highest BCUT2D eigenvalue weighted by atomic mass is 16.6. The SMILES string of the molecule is CC(C)c1cnc(CN2CC[C@H](NC(=O)OC(C)(C)C)C2)o1. The summed E-state index contributed by atoms with van der Waals surface area (Å²) in [7, 11) is 0. The summed E-state index contributed by atoms with van der Waals surface area (Å²) in [4.78, 5) is 18.3. The molecule has 2 heterocycles. The highest BCUT2D eigenvalue weighted by Crippen LogP contribution is 2.18. The maximum Gasteiger partial charge on any atom is 0.407 e. The van der Waals surface area contributed by atoms with Crippen LogP contribution in [-0.4, -0.2) is 40.7 Å². The normalized spacial score (nSPS) is 19.6. The molecule has 1 aliphatic rings. The van der Waals surface area contributed by atoms with Crippen molar-refractivity contribution in [3.8, 4) is 0 Å². The quantitative estimate of drug-likeness (QED) is 0.926. The molecule has 1 N–H and O–H groups in total. The first-order chi connectivity index (χ1) is 10.2. The van der Waals surface area contributed by atoms with E-state index in [-0.39, 0.29) is 12.1 Å². The monoisotopic (exact) mass is 309 g/mol. The van der Waals surface area contributed by atoms with Crippen molar-refractivity contribution in [1.82, 2.24) is 15.2 Å². The topological polar surface area (TPSA) is 67.6 Å². The van der Waals surface area contributed by atoms with E-state index in [1.54, 1.807) is 6.20 Å². The van der Waals surface area contributed by atoms with Crippen LogP contribution in [0.15, 0.2) is 10.6 Å². The minimum absolute atomic E-state index is 0.120. The van der Waals surface area contributed by atoms with Crippen molar-refractivity contribution in [3.05, 3.63) is 17.8 Å². The third-order valence-electron chi connectivity index (χ3n) is 3.49. The van der Waals surface area contributed by atoms with Crippen LogP contribution in [0.1, 0.15) is 58.6 Å². The Hall–Kier alpha value is -1.56. The minimum Gasteiger partial charge on any atom is -0.444 e. The molecule has 0 unspecified atom stereocenters. The fraction of sp³-hybridized carbons (Fsp3) is 0.750. The lowest BCUT2D eigenvalue weighted by Gasteiger charge is -2.21. The molecule has 0 saturated carbocycles. The molecular formula is C16H27N3O3. The maximum atomic E-state index is 11.8. The molecule has 0 bridgehead atoms. The second-order valence-corrected chi connectivity index (χ2v) is 7.18. The zero-order valence-electron chi connectivity index (χ0n) is 14.2. The number of carbonyl (C=O) groups excluding carboxylic acids is 1. The molecule has 1 atom stereocenters. The van der Waals surface area contributed by atoms with Crippen LogP contribution < -0.4 is 5.32 Å². The Labute approximate surface area is 132 Å². The molecule has 2 rings (SSSR count). The lowest BCUT2D eigenvalue weighted by Crippen LogP contribution is -2.40. The predicted molar refractivity (Wildman–Crippen MR) is 83.6 cm³/mol. The van der Waals surface area contributed by atoms with Gasteiger partial charge in [-0.1, -0.05) is 13.8 Å². The maximum absolute atomic E-state index is 11.8. The van der Waals surface area contributed by atoms with E-state index >= 15 is 0 Å². The van der Waals surface area contributed by atoms with Gasteiger partial charge < -0.3 is 14.5 Å². The van der Waals surface area contributed by atoms with Gasteiger partial charge in [0.1, 0.15) is 11.4 Å². The van der Waals surface area contributed by atoms with Crippen molar-refractivity contribution in [2.45, 2.75) is 65.1 Å². The molecule has 22 heavy (non-hydrogen) atoms. The standard InChI is InChI=1S/C16H27N3O3/c1-11(2)13-8-17-14(21-13)10-19-7-6-12(9-19)18-15(20)22-16(3,4)5/h8,11-12H,6-7,9-10H2,1-5H3,(H,18,20)/t12-/m0/s1. The molecule has 1 aromatic heterocycles. The lowest BCUT2D eigenvalue weighted by molar-refractivity contribution is 0.0505. The van der Waals surface area contributed by atoms with Crippen LogP contribution in [0.2, 0.25) is 0 Å². The third kappa shape index (κ3) is 5.02. The summed E-state index contributed by atoms with van der Waals surface area (Å²) in [6.07, 6.45) is 2.36. The molecule has 0 radical (unpaired) electrons. The van der Waals surface area contributed by atoms with Gasteiger partial charge in [0.15, 0.2) is 0 Å². The van der Waals surface area contributed by atoms with Crippen molar-refractivity contribution in [1.29, 1.82) is 0 Å². The minimum atomic E-state index is -0.465. The Morgan fingerprint density at radius 2 is 2.27 bits per heavy atom. The first-order valence-electron chi connectivity index (χ1n) is 7.89. The van der Waals surface area contributed by atoms with Gasteiger partial charge in [0.05, 0.1) is 12.7 Å². The van der Waals surface area contributed by atoms with E-state index in [2.05, 4.69) is 29.0 Å². The number of likely N-dealkylation sites (tertiary alicyclic amines) is 1. The number of hydrogen-bond donors (Lipinski definition) is 1. The molecular weight excluding hydrogens is 282 g/mol. The van der Waals surface area contributed by atoms with Gasteiger partial charge in [0.2, 0.25) is 5.89 Å². The zero-order chi connectivity index (χ0) is 16.3. The molecule has 6 nitrogen and oxygen atoms in total. The molecule has 124 valence electrons. The number of nitrogens with one attached hydrogen (secondary N) is 1. The smallest absolute Gasteiger partial charge is 0.407 e. The summed E-state index contributed by atoms with van der Waals surface area (Å²) in [6.45, 7) is 12.1. The number of nitrogens with zero attached hydrogens (tertiary/aromatic N) is 2. The van der Waals surface area contributed by atoms with E-state index < -0.39 is 5.60 Å². The van der Waals surface area contributed by atoms with E-state index in [4.69, 9.17) is 9.15 Å². The van der Waals surface area contributed by atoms with Gasteiger partial charge in [0.25, 0.3) is 0 Å². The Bertz CT molecular complexity index is 505. The Morgan fingerprint density at radius 1 is 1.55 bits per heavy atom. The molecule has 6 heteroatoms. The largest absolute Gasteiger partial charge is 0.444 e. The van der Waals surface area contributed by atoms with E-state index in [0.29, 0.717) is 12.5 Å². The van der Waals surface area contributed by atoms with E-state index in [9.17, 15) is 4.79 Å². The summed E-state index contributed by atoms with van der Waals surface area (Å²) < 4.78 is 11.0. The van der Waals surface area contributed by atoms with Gasteiger partial charge in [-0.3, -0.25) is 4.90 Å². The van der Waals surface area contributed by atoms with Crippen LogP contribution in [0.3, 0.4) is 0 Å². The van der Waals surface area contributed by atoms with Crippen molar-refractivity contribution < 1.29 is 13.9 Å². The van der Waals surface area contributed by atoms with Gasteiger partial charge in [-0.2, -0.15) is 0 Å². The molecule has 1 aromatic rings. The van der Waals surface area contributed by atoms with Crippen LogP contribution in [0.25, 0.3) is 0 Å². The third-order valence-corrected chi connectivity index (χ3v) is 3.49. The van der Waals surface area contributed by atoms with Gasteiger partial charge in [-0.15, -0.1) is 0 Å². The highest BCUT2D eigenvalue weighted by Gasteiger charge is 2.27. The Morgan fingerprint density at radius 3 is 2.86 bits per heavy atom. The lowest BCUT2D eigenvalue weighted by atomic mass is 10.2. The van der Waals surface area contributed by atoms with Crippen LogP contribution in [0, 0.1) is 0 Å². The number of carbonyl (C=O) groups is 1. The van der Waals surface area contributed by atoms with Crippen molar-refractivity contribution in [3.63, 3.8) is 0 Å². The van der Waals surface area contributed by atoms with Crippen molar-refractivity contribution >= 4 is 6.09 Å². The predicted octanol–water partition coefficient (Wildman–Crippen LogP) is 2.90. The molecule has 1 fully saturated rings. The molecule has 1 aliphatic heterocycles. The number of ether oxygens (including phenoxy) is 1. The van der Waals surface area contributed by atoms with Crippen LogP contribution in [-0.2, 0) is 11.3 Å². The summed E-state index contributed by atoms with van der Waals surface area (Å²) in [5, 5.41) is 2.92. The molecule has 0 spiro atoms. The second kappa shape index (κ2) is 6.69. The number of rotatable bonds is 4. The second-order valence-electron chi connectivity index (χ2n) is 7.18. The van der Waals surface area contributed by atoms with Crippen molar-refractivity contribution in [2.24, 2.45) is 0 Å². The van der Waals surface area contributed by atoms with Gasteiger partial charge >= 0.3 is 6.09 Å². The number of oxazole rings is 1. The molecule has 1 amide bonds. The van der Waals surface area contributed by atoms with Crippen LogP contribution in [0.4, 0.5) is 4.79 Å². The Kier molecular flexibility index (Phi) is 5.11. The van der Waals surface area contributed by atoms with Crippen LogP contribution >= 0.6 is 0 Å². The zero-order valence-corrected chi connectivity index (χ0v) is 14.2. The molecule has 0 aromatic carbocycles. The number of aromatic nitrogens is 1. The summed E-state index contributed by atoms with van der Waals surface area (Å²) >= 11 is 0. The van der Waals surface area contributed by atoms with E-state index in [1.165, 1.54) is 0 Å². The number of hydrogen-bond acceptors (Lipinski definition) is 5. The Balaban J connectivity index is 1.78. The molecule has 0 aliphatic carbocycles. The number of alkyl carbamates (subject to hydrolysis) is 1. The average molecular weight is 309 g/mol. The summed E-state index contributed by atoms with van der Waals surface area (Å²) in [5.41, 5.74) is -0.465.